The molecular weight excluding hydrogens is 184 g/mol. The van der Waals surface area contributed by atoms with Gasteiger partial charge in [-0.15, -0.1) is 0 Å². The summed E-state index contributed by atoms with van der Waals surface area (Å²) in [7, 11) is 0. The SMILES string of the molecule is CC.CC.CC1=CN2C=CC=CC2=NC1. The first-order valence-corrected chi connectivity index (χ1v) is 5.71. The van der Waals surface area contributed by atoms with Gasteiger partial charge in [-0.3, -0.25) is 4.99 Å². The second-order valence-electron chi connectivity index (χ2n) is 2.76. The largest absolute Gasteiger partial charge is 0.309 e. The zero-order valence-corrected chi connectivity index (χ0v) is 10.5. The van der Waals surface area contributed by atoms with Gasteiger partial charge in [0, 0.05) is 12.4 Å². The lowest BCUT2D eigenvalue weighted by molar-refractivity contribution is 0.719. The van der Waals surface area contributed by atoms with E-state index in [-0.39, 0.29) is 0 Å². The molecule has 0 unspecified atom stereocenters. The van der Waals surface area contributed by atoms with Crippen LogP contribution in [0, 0.1) is 0 Å². The van der Waals surface area contributed by atoms with Crippen molar-refractivity contribution in [1.82, 2.24) is 4.90 Å². The van der Waals surface area contributed by atoms with Crippen molar-refractivity contribution in [3.05, 3.63) is 36.2 Å². The summed E-state index contributed by atoms with van der Waals surface area (Å²) in [6.07, 6.45) is 10.2. The summed E-state index contributed by atoms with van der Waals surface area (Å²) in [5, 5.41) is 0. The van der Waals surface area contributed by atoms with Gasteiger partial charge in [0.2, 0.25) is 0 Å². The molecule has 15 heavy (non-hydrogen) atoms. The minimum Gasteiger partial charge on any atom is -0.309 e. The average molecular weight is 206 g/mol. The topological polar surface area (TPSA) is 15.6 Å². The van der Waals surface area contributed by atoms with E-state index >= 15 is 0 Å². The molecule has 0 aromatic carbocycles. The highest BCUT2D eigenvalue weighted by atomic mass is 15.2. The Bertz CT molecular complexity index is 283. The molecule has 0 bridgehead atoms. The van der Waals surface area contributed by atoms with Crippen molar-refractivity contribution in [2.24, 2.45) is 4.99 Å². The summed E-state index contributed by atoms with van der Waals surface area (Å²) in [5.41, 5.74) is 1.30. The van der Waals surface area contributed by atoms with Gasteiger partial charge in [-0.1, -0.05) is 33.8 Å². The smallest absolute Gasteiger partial charge is 0.131 e. The lowest BCUT2D eigenvalue weighted by atomic mass is 10.2. The molecule has 0 aromatic rings. The third-order valence-electron chi connectivity index (χ3n) is 1.72. The zero-order valence-electron chi connectivity index (χ0n) is 10.5. The number of hydrogen-bond acceptors (Lipinski definition) is 2. The molecule has 84 valence electrons. The van der Waals surface area contributed by atoms with Crippen LogP contribution in [0.3, 0.4) is 0 Å². The van der Waals surface area contributed by atoms with Crippen molar-refractivity contribution in [2.75, 3.05) is 6.54 Å². The second-order valence-corrected chi connectivity index (χ2v) is 2.76. The fourth-order valence-corrected chi connectivity index (χ4v) is 1.17. The number of rotatable bonds is 0. The van der Waals surface area contributed by atoms with Crippen molar-refractivity contribution in [2.45, 2.75) is 34.6 Å². The number of hydrogen-bond donors (Lipinski definition) is 0. The van der Waals surface area contributed by atoms with E-state index in [0.717, 1.165) is 12.4 Å². The third-order valence-corrected chi connectivity index (χ3v) is 1.72. The van der Waals surface area contributed by atoms with E-state index in [2.05, 4.69) is 18.1 Å². The lowest BCUT2D eigenvalue weighted by Crippen LogP contribution is -2.23. The monoisotopic (exact) mass is 206 g/mol. The molecule has 2 nitrogen and oxygen atoms in total. The van der Waals surface area contributed by atoms with Crippen LogP contribution in [-0.4, -0.2) is 17.3 Å². The number of nitrogens with zero attached hydrogens (tertiary/aromatic N) is 2. The van der Waals surface area contributed by atoms with Crippen LogP contribution < -0.4 is 0 Å². The summed E-state index contributed by atoms with van der Waals surface area (Å²) in [6.45, 7) is 10.9. The van der Waals surface area contributed by atoms with Gasteiger partial charge in [-0.05, 0) is 24.6 Å². The molecule has 0 aromatic heterocycles. The van der Waals surface area contributed by atoms with Crippen molar-refractivity contribution >= 4 is 5.84 Å². The minimum atomic E-state index is 0.837. The van der Waals surface area contributed by atoms with Crippen molar-refractivity contribution < 1.29 is 0 Å². The number of fused-ring (bicyclic) bond motifs is 1. The Morgan fingerprint density at radius 3 is 2.47 bits per heavy atom. The lowest BCUT2D eigenvalue weighted by Gasteiger charge is -2.22. The first-order chi connectivity index (χ1) is 7.36. The van der Waals surface area contributed by atoms with Crippen molar-refractivity contribution in [3.8, 4) is 0 Å². The summed E-state index contributed by atoms with van der Waals surface area (Å²) >= 11 is 0. The molecule has 2 heterocycles. The van der Waals surface area contributed by atoms with Crippen LogP contribution in [0.5, 0.6) is 0 Å². The Balaban J connectivity index is 0.000000442. The summed E-state index contributed by atoms with van der Waals surface area (Å²) in [6, 6.07) is 0. The van der Waals surface area contributed by atoms with E-state index in [1.807, 2.05) is 57.0 Å². The number of allylic oxidation sites excluding steroid dienone is 2. The standard InChI is InChI=1S/C9H10N2.2C2H6/c1-8-6-10-9-4-2-3-5-11(9)7-8;2*1-2/h2-5,7H,6H2,1H3;2*1-2H3. The molecule has 2 aliphatic rings. The highest BCUT2D eigenvalue weighted by Crippen LogP contribution is 2.11. The predicted molar refractivity (Wildman–Crippen MR) is 68.9 cm³/mol. The maximum atomic E-state index is 4.37. The van der Waals surface area contributed by atoms with Crippen LogP contribution in [0.4, 0.5) is 0 Å². The molecule has 0 aliphatic carbocycles. The molecule has 0 saturated heterocycles. The molecule has 2 heteroatoms. The van der Waals surface area contributed by atoms with Crippen LogP contribution >= 0.6 is 0 Å². The molecular formula is C13H22N2. The van der Waals surface area contributed by atoms with Crippen LogP contribution in [0.15, 0.2) is 41.2 Å². The van der Waals surface area contributed by atoms with Crippen LogP contribution in [0.25, 0.3) is 0 Å². The molecule has 2 rings (SSSR count). The van der Waals surface area contributed by atoms with Crippen LogP contribution in [-0.2, 0) is 0 Å². The van der Waals surface area contributed by atoms with Gasteiger partial charge in [0.15, 0.2) is 0 Å². The maximum Gasteiger partial charge on any atom is 0.131 e. The van der Waals surface area contributed by atoms with E-state index in [1.165, 1.54) is 5.57 Å². The Morgan fingerprint density at radius 2 is 1.80 bits per heavy atom. The molecule has 0 amide bonds. The first-order valence-electron chi connectivity index (χ1n) is 5.71. The van der Waals surface area contributed by atoms with Gasteiger partial charge in [-0.2, -0.15) is 0 Å². The average Bonchev–Trinajstić information content (AvgIpc) is 2.34. The fraction of sp³-hybridized carbons (Fsp3) is 0.462. The van der Waals surface area contributed by atoms with E-state index in [1.54, 1.807) is 0 Å². The molecule has 0 spiro atoms. The van der Waals surface area contributed by atoms with E-state index in [9.17, 15) is 0 Å². The highest BCUT2D eigenvalue weighted by Gasteiger charge is 2.09. The van der Waals surface area contributed by atoms with Crippen LogP contribution in [0.2, 0.25) is 0 Å². The molecule has 0 atom stereocenters. The van der Waals surface area contributed by atoms with E-state index in [0.29, 0.717) is 0 Å². The van der Waals surface area contributed by atoms with Gasteiger partial charge >= 0.3 is 0 Å². The zero-order chi connectivity index (χ0) is 11.7. The number of aliphatic imine (C=N–C) groups is 1. The quantitative estimate of drug-likeness (QED) is 0.589. The van der Waals surface area contributed by atoms with Gasteiger partial charge in [0.1, 0.15) is 5.84 Å². The maximum absolute atomic E-state index is 4.37. The van der Waals surface area contributed by atoms with Crippen molar-refractivity contribution in [1.29, 1.82) is 0 Å². The summed E-state index contributed by atoms with van der Waals surface area (Å²) < 4.78 is 0. The van der Waals surface area contributed by atoms with E-state index < -0.39 is 0 Å². The number of amidine groups is 1. The van der Waals surface area contributed by atoms with Gasteiger partial charge < -0.3 is 4.90 Å². The molecule has 0 radical (unpaired) electrons. The molecule has 0 saturated carbocycles. The van der Waals surface area contributed by atoms with Gasteiger partial charge in [-0.25, -0.2) is 0 Å². The second kappa shape index (κ2) is 8.04. The normalized spacial score (nSPS) is 16.2. The Kier molecular flexibility index (Phi) is 7.33. The predicted octanol–water partition coefficient (Wildman–Crippen LogP) is 3.74. The highest BCUT2D eigenvalue weighted by molar-refractivity contribution is 5.96. The Hall–Kier alpha value is -1.31. The summed E-state index contributed by atoms with van der Waals surface area (Å²) in [5.74, 6) is 1.04. The summed E-state index contributed by atoms with van der Waals surface area (Å²) in [4.78, 5) is 6.41. The molecule has 2 aliphatic heterocycles. The van der Waals surface area contributed by atoms with E-state index in [4.69, 9.17) is 0 Å². The molecule has 0 N–H and O–H groups in total. The minimum absolute atomic E-state index is 0.837. The van der Waals surface area contributed by atoms with Crippen LogP contribution in [0.1, 0.15) is 34.6 Å². The van der Waals surface area contributed by atoms with Gasteiger partial charge in [0.05, 0.1) is 6.54 Å². The molecule has 0 fully saturated rings. The Morgan fingerprint density at radius 1 is 1.13 bits per heavy atom. The van der Waals surface area contributed by atoms with Crippen molar-refractivity contribution in [3.63, 3.8) is 0 Å². The third kappa shape index (κ3) is 4.15. The van der Waals surface area contributed by atoms with Gasteiger partial charge in [0.25, 0.3) is 0 Å². The first kappa shape index (κ1) is 13.7. The fourth-order valence-electron chi connectivity index (χ4n) is 1.17. The Labute approximate surface area is 93.7 Å².